The molecule has 0 atom stereocenters. The van der Waals surface area contributed by atoms with E-state index in [9.17, 15) is 13.2 Å². The van der Waals surface area contributed by atoms with E-state index in [1.54, 1.807) is 12.1 Å². The van der Waals surface area contributed by atoms with Gasteiger partial charge in [0.05, 0.1) is 5.69 Å². The molecule has 0 bridgehead atoms. The van der Waals surface area contributed by atoms with Crippen molar-refractivity contribution < 1.29 is 13.2 Å². The summed E-state index contributed by atoms with van der Waals surface area (Å²) in [4.78, 5) is 11.4. The van der Waals surface area contributed by atoms with Crippen LogP contribution in [-0.2, 0) is 14.8 Å². The van der Waals surface area contributed by atoms with Crippen LogP contribution in [0, 0.1) is 0 Å². The summed E-state index contributed by atoms with van der Waals surface area (Å²) in [6.07, 6.45) is 0.147. The minimum atomic E-state index is -3.59. The molecule has 1 aromatic rings. The van der Waals surface area contributed by atoms with E-state index in [-0.39, 0.29) is 29.5 Å². The molecule has 0 spiro atoms. The van der Waals surface area contributed by atoms with Crippen LogP contribution >= 0.6 is 0 Å². The van der Waals surface area contributed by atoms with Crippen LogP contribution in [0.5, 0.6) is 0 Å². The molecule has 0 fully saturated rings. The van der Waals surface area contributed by atoms with Crippen LogP contribution in [0.4, 0.5) is 5.69 Å². The molecule has 1 rings (SSSR count). The fourth-order valence-corrected chi connectivity index (χ4v) is 2.14. The Kier molecular flexibility index (Phi) is 4.62. The van der Waals surface area contributed by atoms with Gasteiger partial charge < -0.3 is 11.1 Å². The molecule has 0 aliphatic heterocycles. The van der Waals surface area contributed by atoms with E-state index in [1.807, 2.05) is 0 Å². The average Bonchev–Trinajstić information content (AvgIpc) is 2.30. The van der Waals surface area contributed by atoms with Gasteiger partial charge in [0.25, 0.3) is 0 Å². The summed E-state index contributed by atoms with van der Waals surface area (Å²) < 4.78 is 25.5. The van der Waals surface area contributed by atoms with Crippen molar-refractivity contribution in [2.24, 2.45) is 5.73 Å². The summed E-state index contributed by atoms with van der Waals surface area (Å²) >= 11 is 0. The molecule has 6 nitrogen and oxygen atoms in total. The normalized spacial score (nSPS) is 11.2. The lowest BCUT2D eigenvalue weighted by Crippen LogP contribution is -2.22. The van der Waals surface area contributed by atoms with E-state index in [0.29, 0.717) is 0 Å². The Morgan fingerprint density at radius 3 is 2.59 bits per heavy atom. The van der Waals surface area contributed by atoms with Crippen molar-refractivity contribution in [1.29, 1.82) is 0 Å². The first-order chi connectivity index (χ1) is 8.01. The molecule has 0 unspecified atom stereocenters. The van der Waals surface area contributed by atoms with Crippen molar-refractivity contribution in [3.8, 4) is 0 Å². The zero-order valence-corrected chi connectivity index (χ0v) is 10.3. The average molecular weight is 257 g/mol. The largest absolute Gasteiger partial charge is 0.330 e. The van der Waals surface area contributed by atoms with Crippen molar-refractivity contribution in [2.45, 2.75) is 11.3 Å². The Morgan fingerprint density at radius 2 is 2.00 bits per heavy atom. The van der Waals surface area contributed by atoms with Crippen molar-refractivity contribution in [3.63, 3.8) is 0 Å². The molecule has 0 aliphatic carbocycles. The van der Waals surface area contributed by atoms with Crippen LogP contribution in [0.1, 0.15) is 6.42 Å². The number of nitrogens with one attached hydrogen (secondary N) is 2. The minimum absolute atomic E-state index is 0.0351. The van der Waals surface area contributed by atoms with Crippen molar-refractivity contribution >= 4 is 21.6 Å². The summed E-state index contributed by atoms with van der Waals surface area (Å²) in [5.74, 6) is -0.314. The highest BCUT2D eigenvalue weighted by Gasteiger charge is 2.16. The number of anilines is 1. The van der Waals surface area contributed by atoms with Crippen molar-refractivity contribution in [1.82, 2.24) is 4.72 Å². The van der Waals surface area contributed by atoms with Gasteiger partial charge in [-0.05, 0) is 19.2 Å². The molecule has 4 N–H and O–H groups in total. The zero-order valence-electron chi connectivity index (χ0n) is 9.43. The molecular formula is C10H15N3O3S. The number of nitrogens with two attached hydrogens (primary N) is 1. The molecule has 94 valence electrons. The van der Waals surface area contributed by atoms with Gasteiger partial charge in [0.1, 0.15) is 4.90 Å². The van der Waals surface area contributed by atoms with Gasteiger partial charge in [0.15, 0.2) is 0 Å². The highest BCUT2D eigenvalue weighted by Crippen LogP contribution is 2.20. The van der Waals surface area contributed by atoms with Crippen LogP contribution in [-0.4, -0.2) is 27.9 Å². The number of rotatable bonds is 5. The summed E-state index contributed by atoms with van der Waals surface area (Å²) in [5, 5.41) is 2.51. The van der Waals surface area contributed by atoms with Crippen LogP contribution < -0.4 is 15.8 Å². The third-order valence-electron chi connectivity index (χ3n) is 2.09. The predicted octanol–water partition coefficient (Wildman–Crippen LogP) is -0.118. The van der Waals surface area contributed by atoms with Crippen LogP contribution in [0.2, 0.25) is 0 Å². The van der Waals surface area contributed by atoms with Crippen LogP contribution in [0.3, 0.4) is 0 Å². The third-order valence-corrected chi connectivity index (χ3v) is 3.56. The SMILES string of the molecule is CNS(=O)(=O)c1ccccc1NC(=O)CCN. The maximum atomic E-state index is 11.7. The lowest BCUT2D eigenvalue weighted by molar-refractivity contribution is -0.116. The topological polar surface area (TPSA) is 101 Å². The Bertz CT molecular complexity index is 499. The van der Waals surface area contributed by atoms with Gasteiger partial charge in [-0.1, -0.05) is 12.1 Å². The van der Waals surface area contributed by atoms with Gasteiger partial charge in [-0.15, -0.1) is 0 Å². The molecule has 17 heavy (non-hydrogen) atoms. The Hall–Kier alpha value is -1.44. The number of hydrogen-bond donors (Lipinski definition) is 3. The lowest BCUT2D eigenvalue weighted by atomic mass is 10.3. The van der Waals surface area contributed by atoms with Crippen molar-refractivity contribution in [2.75, 3.05) is 18.9 Å². The number of carbonyl (C=O) groups excluding carboxylic acids is 1. The van der Waals surface area contributed by atoms with Gasteiger partial charge >= 0.3 is 0 Å². The van der Waals surface area contributed by atoms with E-state index < -0.39 is 10.0 Å². The smallest absolute Gasteiger partial charge is 0.242 e. The highest BCUT2D eigenvalue weighted by molar-refractivity contribution is 7.89. The van der Waals surface area contributed by atoms with Gasteiger partial charge in [-0.3, -0.25) is 4.79 Å². The fourth-order valence-electron chi connectivity index (χ4n) is 1.26. The molecule has 1 amide bonds. The molecule has 0 radical (unpaired) electrons. The Balaban J connectivity index is 3.05. The van der Waals surface area contributed by atoms with Gasteiger partial charge in [-0.25, -0.2) is 13.1 Å². The second-order valence-electron chi connectivity index (χ2n) is 3.29. The molecule has 0 saturated carbocycles. The molecule has 1 aromatic carbocycles. The molecule has 7 heteroatoms. The zero-order chi connectivity index (χ0) is 12.9. The minimum Gasteiger partial charge on any atom is -0.330 e. The number of para-hydroxylation sites is 1. The molecule has 0 aliphatic rings. The summed E-state index contributed by atoms with van der Waals surface area (Å²) in [6, 6.07) is 6.18. The third kappa shape index (κ3) is 3.52. The summed E-state index contributed by atoms with van der Waals surface area (Å²) in [6.45, 7) is 0.215. The summed E-state index contributed by atoms with van der Waals surface area (Å²) in [7, 11) is -2.27. The van der Waals surface area contributed by atoms with E-state index in [2.05, 4.69) is 10.0 Å². The number of hydrogen-bond acceptors (Lipinski definition) is 4. The number of carbonyl (C=O) groups is 1. The van der Waals surface area contributed by atoms with Gasteiger partial charge in [0.2, 0.25) is 15.9 Å². The quantitative estimate of drug-likeness (QED) is 0.684. The van der Waals surface area contributed by atoms with Crippen LogP contribution in [0.15, 0.2) is 29.2 Å². The van der Waals surface area contributed by atoms with E-state index in [0.717, 1.165) is 0 Å². The van der Waals surface area contributed by atoms with E-state index in [1.165, 1.54) is 19.2 Å². The molecule has 0 heterocycles. The molecule has 0 saturated heterocycles. The molecular weight excluding hydrogens is 242 g/mol. The lowest BCUT2D eigenvalue weighted by Gasteiger charge is -2.10. The second-order valence-corrected chi connectivity index (χ2v) is 5.15. The maximum absolute atomic E-state index is 11.7. The van der Waals surface area contributed by atoms with E-state index in [4.69, 9.17) is 5.73 Å². The van der Waals surface area contributed by atoms with Gasteiger partial charge in [-0.2, -0.15) is 0 Å². The first-order valence-corrected chi connectivity index (χ1v) is 6.52. The highest BCUT2D eigenvalue weighted by atomic mass is 32.2. The predicted molar refractivity (Wildman–Crippen MR) is 65.0 cm³/mol. The monoisotopic (exact) mass is 257 g/mol. The summed E-state index contributed by atoms with van der Waals surface area (Å²) in [5.41, 5.74) is 5.49. The fraction of sp³-hybridized carbons (Fsp3) is 0.300. The van der Waals surface area contributed by atoms with Crippen LogP contribution in [0.25, 0.3) is 0 Å². The maximum Gasteiger partial charge on any atom is 0.242 e. The van der Waals surface area contributed by atoms with E-state index >= 15 is 0 Å². The first kappa shape index (κ1) is 13.6. The second kappa shape index (κ2) is 5.76. The Morgan fingerprint density at radius 1 is 1.35 bits per heavy atom. The number of benzene rings is 1. The Labute approximate surface area is 100 Å². The first-order valence-electron chi connectivity index (χ1n) is 5.03. The van der Waals surface area contributed by atoms with Crippen molar-refractivity contribution in [3.05, 3.63) is 24.3 Å². The number of amides is 1. The molecule has 0 aromatic heterocycles. The van der Waals surface area contributed by atoms with Gasteiger partial charge in [0, 0.05) is 13.0 Å². The standard InChI is InChI=1S/C10H15N3O3S/c1-12-17(15,16)9-5-3-2-4-8(9)13-10(14)6-7-11/h2-5,12H,6-7,11H2,1H3,(H,13,14). The number of sulfonamides is 1.